The number of benzene rings is 5. The van der Waals surface area contributed by atoms with Crippen molar-refractivity contribution in [3.63, 3.8) is 0 Å². The van der Waals surface area contributed by atoms with Crippen molar-refractivity contribution in [3.8, 4) is 57.1 Å². The molecule has 0 aliphatic carbocycles. The second-order valence-corrected chi connectivity index (χ2v) is 30.1. The number of aliphatic hydroxyl groups excluding tert-OH is 6. The van der Waals surface area contributed by atoms with E-state index in [9.17, 15) is 70.2 Å². The fourth-order valence-corrected chi connectivity index (χ4v) is 14.7. The Balaban J connectivity index is 1.19. The third-order valence-corrected chi connectivity index (χ3v) is 20.7. The quantitative estimate of drug-likeness (QED) is 0.0672. The van der Waals surface area contributed by atoms with Crippen LogP contribution in [0.2, 0.25) is 10.0 Å². The van der Waals surface area contributed by atoms with Crippen molar-refractivity contribution in [2.45, 2.75) is 201 Å². The molecule has 1 unspecified atom stereocenters. The Morgan fingerprint density at radius 3 is 1.79 bits per heavy atom. The number of halogens is 2. The van der Waals surface area contributed by atoms with Gasteiger partial charge in [-0.1, -0.05) is 55.2 Å². The van der Waals surface area contributed by atoms with Gasteiger partial charge in [-0.05, 0) is 124 Å². The predicted octanol–water partition coefficient (Wildman–Crippen LogP) is 0.344. The van der Waals surface area contributed by atoms with Crippen molar-refractivity contribution in [2.24, 2.45) is 23.1 Å². The van der Waals surface area contributed by atoms with Crippen LogP contribution in [0, 0.1) is 5.92 Å². The van der Waals surface area contributed by atoms with Crippen molar-refractivity contribution >= 4 is 70.5 Å². The number of ether oxygens (including phenoxy) is 8. The van der Waals surface area contributed by atoms with E-state index < -0.39 is 261 Å². The van der Waals surface area contributed by atoms with Gasteiger partial charge >= 0.3 is 5.97 Å². The van der Waals surface area contributed by atoms with E-state index in [4.69, 9.17) is 78.3 Å². The summed E-state index contributed by atoms with van der Waals surface area (Å²) in [6.45, 7) is 8.58. The molecular weight excluding hydrogens is 1500 g/mol. The zero-order valence-corrected chi connectivity index (χ0v) is 62.2. The average Bonchev–Trinajstić information content (AvgIpc) is 0.763. The van der Waals surface area contributed by atoms with Crippen LogP contribution in [0.3, 0.4) is 0 Å². The van der Waals surface area contributed by atoms with Gasteiger partial charge in [0, 0.05) is 46.7 Å². The largest absolute Gasteiger partial charge is 0.508 e. The maximum absolute atomic E-state index is 16.4. The summed E-state index contributed by atoms with van der Waals surface area (Å²) >= 11 is 14.5. The Labute approximate surface area is 643 Å². The fraction of sp³-hybridized carbons (Fsp3) is 0.479. The van der Waals surface area contributed by atoms with Gasteiger partial charge in [-0.15, -0.1) is 0 Å². The first-order valence-corrected chi connectivity index (χ1v) is 36.1. The first-order valence-electron chi connectivity index (χ1n) is 35.3. The zero-order valence-electron chi connectivity index (χ0n) is 60.7. The topological polar surface area (TPSA) is 575 Å². The lowest BCUT2D eigenvalue weighted by atomic mass is 9.86. The molecule has 38 heteroatoms. The van der Waals surface area contributed by atoms with Crippen LogP contribution in [-0.4, -0.2) is 215 Å². The average molecular weight is 1590 g/mol. The second-order valence-electron chi connectivity index (χ2n) is 29.3. The molecule has 13 rings (SSSR count). The van der Waals surface area contributed by atoms with Crippen molar-refractivity contribution in [2.75, 3.05) is 13.7 Å². The molecule has 0 radical (unpaired) electrons. The van der Waals surface area contributed by atoms with Crippen LogP contribution < -0.4 is 68.6 Å². The van der Waals surface area contributed by atoms with Crippen LogP contribution in [0.15, 0.2) is 78.9 Å². The Morgan fingerprint density at radius 2 is 1.23 bits per heavy atom. The number of carbonyl (C=O) groups is 8. The molecule has 7 amide bonds. The van der Waals surface area contributed by atoms with Crippen LogP contribution in [0.25, 0.3) is 11.1 Å². The Bertz CT molecular complexity index is 4420. The number of primary amides is 1. The summed E-state index contributed by atoms with van der Waals surface area (Å²) in [6.07, 6.45) is -22.8. The normalized spacial score (nSPS) is 32.1. The number of carbonyl (C=O) groups excluding carboxylic acids is 7. The van der Waals surface area contributed by atoms with Crippen LogP contribution >= 0.6 is 23.2 Å². The standard InChI is InChI=1S/C73H88Cl2N10O26/c1-26(2)14-38(79-7)64(96)84-54-56(91)30-9-12-42(36(74)16-30)106-44-18-32-19-45(60(44)111-71-61(58(93)57(92)46(25-86)108-71)110-49-24-73(6,78)63(95)28(4)105-49)107-43-13-10-31(17-37(43)75)59(109-48-23-72(5,77)62(94)27(3)104-48)55-69(101)83-53(70(102)103)35-20-33(87)21-41(89)50(35)34-15-29(8-11-40(34)88)51(66(98)85-55)82-67(99)52(32)81-65(97)39(22-47(76)90)80-68(54)100/h8-13,15-21,26-28,38-39,46,48-49,51-59,61-63,71,79,86-89,91-95H,14,22-25,77-78H2,1-7H3,(H2,76,90)(H,80,100)(H,81,97)(H,82,99)(H,83,101)(H,84,96)(H,85,98)(H,102,103)/t27-,28-,38+,39-,46-,48?,49-,51+,52+,53+,54+,55-,56+,57-,58-,59+,61-,62-,63+,71+,72-,73+/m0/s1. The number of likely N-dealkylation sites (N-methyl/N-ethyl adjacent to an activating group) is 1. The number of aliphatic carboxylic acids is 1. The lowest BCUT2D eigenvalue weighted by molar-refractivity contribution is -0.333. The summed E-state index contributed by atoms with van der Waals surface area (Å²) in [7, 11) is 1.47. The molecule has 0 spiro atoms. The molecule has 600 valence electrons. The molecule has 22 atom stereocenters. The minimum absolute atomic E-state index is 0.110. The first kappa shape index (κ1) is 82.6. The van der Waals surface area contributed by atoms with Gasteiger partial charge in [0.25, 0.3) is 0 Å². The lowest BCUT2D eigenvalue weighted by Crippen LogP contribution is -2.64. The summed E-state index contributed by atoms with van der Waals surface area (Å²) < 4.78 is 51.7. The second kappa shape index (κ2) is 33.2. The van der Waals surface area contributed by atoms with Gasteiger partial charge in [0.1, 0.15) is 89.5 Å². The number of amides is 7. The third kappa shape index (κ3) is 17.7. The maximum atomic E-state index is 16.4. The SMILES string of the molecule is CN[C@H](CC(C)C)C(=O)N[C@H]1C(=O)N[C@@H](CC(N)=O)C(=O)N[C@H]2C(=O)N[C@H]3C(=O)N[C@H](C(=O)N[C@@H](C(=O)O)c4cc(O)cc(O)c4-c4cc3ccc4O)[C@H](OC3C[C@](C)(N)[C@@H](O)[C@H](C)O3)c3ccc(c(Cl)c3)Oc3cc2cc(c3O[C@H]2O[C@@H](CO)[C@H](O)[C@H](O)[C@@H]2O[C@H]2C[C@@](C)(N)[C@H](O)[C@H](C)O2)Oc2ccc(cc2Cl)[C@H]1O. The molecule has 5 aromatic carbocycles. The molecule has 36 nitrogen and oxygen atoms in total. The predicted molar refractivity (Wildman–Crippen MR) is 386 cm³/mol. The Morgan fingerprint density at radius 1 is 0.658 bits per heavy atom. The number of carboxylic acids is 1. The molecule has 3 saturated heterocycles. The molecule has 23 N–H and O–H groups in total. The smallest absolute Gasteiger partial charge is 0.330 e. The van der Waals surface area contributed by atoms with E-state index in [0.29, 0.717) is 0 Å². The number of nitrogens with two attached hydrogens (primary N) is 3. The molecule has 111 heavy (non-hydrogen) atoms. The van der Waals surface area contributed by atoms with Gasteiger partial charge in [-0.25, -0.2) is 4.79 Å². The number of aromatic hydroxyl groups is 3. The van der Waals surface area contributed by atoms with E-state index in [1.54, 1.807) is 0 Å². The Kier molecular flexibility index (Phi) is 24.7. The van der Waals surface area contributed by atoms with Crippen LogP contribution in [0.5, 0.6) is 46.0 Å². The summed E-state index contributed by atoms with van der Waals surface area (Å²) in [5, 5.41) is 131. The lowest BCUT2D eigenvalue weighted by Gasteiger charge is -2.47. The highest BCUT2D eigenvalue weighted by molar-refractivity contribution is 6.32. The van der Waals surface area contributed by atoms with Crippen LogP contribution in [-0.2, 0) is 62.0 Å². The van der Waals surface area contributed by atoms with E-state index in [2.05, 4.69) is 37.2 Å². The molecule has 8 aliphatic heterocycles. The van der Waals surface area contributed by atoms with Crippen LogP contribution in [0.4, 0.5) is 0 Å². The zero-order chi connectivity index (χ0) is 80.9. The monoisotopic (exact) mass is 1590 g/mol. The number of rotatable bonds is 15. The maximum Gasteiger partial charge on any atom is 0.330 e. The van der Waals surface area contributed by atoms with Crippen LogP contribution in [0.1, 0.15) is 125 Å². The van der Waals surface area contributed by atoms with Crippen molar-refractivity contribution in [3.05, 3.63) is 117 Å². The molecule has 0 aromatic heterocycles. The van der Waals surface area contributed by atoms with Crippen molar-refractivity contribution in [1.82, 2.24) is 37.2 Å². The third-order valence-electron chi connectivity index (χ3n) is 20.1. The molecular formula is C73H88Cl2N10O26. The van der Waals surface area contributed by atoms with Gasteiger partial charge in [0.05, 0.1) is 53.5 Å². The van der Waals surface area contributed by atoms with E-state index in [1.165, 1.54) is 65.1 Å². The number of carboxylic acid groups (broad SMARTS) is 1. The molecule has 8 heterocycles. The minimum atomic E-state index is -2.38. The van der Waals surface area contributed by atoms with E-state index >= 15 is 19.2 Å². The molecule has 11 bridgehead atoms. The fourth-order valence-electron chi connectivity index (χ4n) is 14.3. The highest BCUT2D eigenvalue weighted by atomic mass is 35.5. The summed E-state index contributed by atoms with van der Waals surface area (Å²) in [6, 6.07) is -0.452. The van der Waals surface area contributed by atoms with Gasteiger partial charge in [0.15, 0.2) is 36.2 Å². The number of aliphatic hydroxyl groups is 6. The van der Waals surface area contributed by atoms with Crippen molar-refractivity contribution in [1.29, 1.82) is 0 Å². The Hall–Kier alpha value is -9.32. The molecule has 8 aliphatic rings. The molecule has 5 aromatic rings. The van der Waals surface area contributed by atoms with Gasteiger partial charge < -0.3 is 143 Å². The number of hydrogen-bond donors (Lipinski definition) is 20. The highest BCUT2D eigenvalue weighted by Crippen LogP contribution is 2.50. The number of phenolic OH excluding ortho intramolecular Hbond substituents is 3. The minimum Gasteiger partial charge on any atom is -0.508 e. The number of hydrogen-bond acceptors (Lipinski definition) is 28. The van der Waals surface area contributed by atoms with Gasteiger partial charge in [-0.3, -0.25) is 33.6 Å². The first-order chi connectivity index (χ1) is 52.3. The van der Waals surface area contributed by atoms with Crippen molar-refractivity contribution < 1.29 is 127 Å². The van der Waals surface area contributed by atoms with E-state index in [0.717, 1.165) is 48.5 Å². The summed E-state index contributed by atoms with van der Waals surface area (Å²) in [5.74, 6) is -16.1. The summed E-state index contributed by atoms with van der Waals surface area (Å²) in [4.78, 5) is 120. The number of phenols is 3. The summed E-state index contributed by atoms with van der Waals surface area (Å²) in [5.41, 5.74) is 13.3. The van der Waals surface area contributed by atoms with E-state index in [-0.39, 0.29) is 52.6 Å². The highest BCUT2D eigenvalue weighted by Gasteiger charge is 2.52. The molecule has 0 saturated carbocycles. The molecule has 3 fully saturated rings. The van der Waals surface area contributed by atoms with E-state index in [1.807, 2.05) is 13.8 Å². The number of nitrogens with one attached hydrogen (secondary N) is 7. The number of fused-ring (bicyclic) bond motifs is 15. The van der Waals surface area contributed by atoms with Gasteiger partial charge in [-0.2, -0.15) is 0 Å². The van der Waals surface area contributed by atoms with Gasteiger partial charge in [0.2, 0.25) is 53.4 Å².